The summed E-state index contributed by atoms with van der Waals surface area (Å²) < 4.78 is 5.14. The van der Waals surface area contributed by atoms with E-state index in [2.05, 4.69) is 9.98 Å². The highest BCUT2D eigenvalue weighted by Gasteiger charge is 2.01. The summed E-state index contributed by atoms with van der Waals surface area (Å²) in [4.78, 5) is 8.00. The van der Waals surface area contributed by atoms with Crippen LogP contribution < -0.4 is 0 Å². The molecule has 1 aliphatic heterocycles. The molecular formula is C6H10N2O. The molecule has 0 radical (unpaired) electrons. The smallest absolute Gasteiger partial charge is 0.183 e. The molecule has 0 spiro atoms. The summed E-state index contributed by atoms with van der Waals surface area (Å²) in [6.07, 6.45) is 3.37. The molecule has 0 aromatic carbocycles. The van der Waals surface area contributed by atoms with Crippen LogP contribution in [0.2, 0.25) is 0 Å². The van der Waals surface area contributed by atoms with Crippen LogP contribution in [-0.2, 0) is 4.74 Å². The molecule has 3 nitrogen and oxygen atoms in total. The lowest BCUT2D eigenvalue weighted by atomic mass is 10.5. The number of rotatable bonds is 2. The zero-order chi connectivity index (χ0) is 6.53. The first-order valence-corrected chi connectivity index (χ1v) is 3.06. The fraction of sp³-hybridized carbons (Fsp3) is 0.667. The molecule has 50 valence electrons. The number of aliphatic imine (C=N–C) groups is 2. The van der Waals surface area contributed by atoms with E-state index in [9.17, 15) is 0 Å². The standard InChI is InChI=1S/C6H10N2O/c1-2-9-6-5-7-3-4-8-6/h4-6H,2-3H2,1H3. The third kappa shape index (κ3) is 1.93. The second kappa shape index (κ2) is 3.35. The first kappa shape index (κ1) is 6.42. The topological polar surface area (TPSA) is 34.0 Å². The van der Waals surface area contributed by atoms with Gasteiger partial charge >= 0.3 is 0 Å². The molecule has 0 fully saturated rings. The molecule has 0 bridgehead atoms. The zero-order valence-electron chi connectivity index (χ0n) is 5.45. The van der Waals surface area contributed by atoms with Crippen LogP contribution in [0.5, 0.6) is 0 Å². The van der Waals surface area contributed by atoms with Crippen molar-refractivity contribution in [2.24, 2.45) is 9.98 Å². The molecule has 0 aromatic rings. The Hall–Kier alpha value is -0.700. The van der Waals surface area contributed by atoms with Gasteiger partial charge in [0.2, 0.25) is 0 Å². The third-order valence-corrected chi connectivity index (χ3v) is 1.01. The fourth-order valence-corrected chi connectivity index (χ4v) is 0.645. The van der Waals surface area contributed by atoms with Gasteiger partial charge in [-0.25, -0.2) is 0 Å². The van der Waals surface area contributed by atoms with Crippen LogP contribution in [-0.4, -0.2) is 31.8 Å². The van der Waals surface area contributed by atoms with Crippen LogP contribution in [0, 0.1) is 0 Å². The van der Waals surface area contributed by atoms with E-state index in [1.165, 1.54) is 0 Å². The molecule has 0 aromatic heterocycles. The maximum Gasteiger partial charge on any atom is 0.183 e. The van der Waals surface area contributed by atoms with Crippen LogP contribution >= 0.6 is 0 Å². The summed E-state index contributed by atoms with van der Waals surface area (Å²) >= 11 is 0. The van der Waals surface area contributed by atoms with Crippen LogP contribution in [0.3, 0.4) is 0 Å². The van der Waals surface area contributed by atoms with E-state index in [1.54, 1.807) is 12.4 Å². The van der Waals surface area contributed by atoms with Crippen molar-refractivity contribution in [3.63, 3.8) is 0 Å². The highest BCUT2D eigenvalue weighted by atomic mass is 16.5. The van der Waals surface area contributed by atoms with Gasteiger partial charge < -0.3 is 4.74 Å². The van der Waals surface area contributed by atoms with Crippen LogP contribution in [0.25, 0.3) is 0 Å². The second-order valence-electron chi connectivity index (χ2n) is 1.69. The maximum absolute atomic E-state index is 5.14. The molecule has 1 unspecified atom stereocenters. The van der Waals surface area contributed by atoms with Crippen molar-refractivity contribution in [2.75, 3.05) is 13.2 Å². The van der Waals surface area contributed by atoms with E-state index >= 15 is 0 Å². The molecule has 1 atom stereocenters. The largest absolute Gasteiger partial charge is 0.352 e. The molecule has 1 rings (SSSR count). The van der Waals surface area contributed by atoms with Gasteiger partial charge in [-0.2, -0.15) is 0 Å². The van der Waals surface area contributed by atoms with Gasteiger partial charge in [0.1, 0.15) is 0 Å². The normalized spacial score (nSPS) is 24.8. The predicted octanol–water partition coefficient (Wildman–Crippen LogP) is 0.504. The van der Waals surface area contributed by atoms with Gasteiger partial charge in [0.15, 0.2) is 6.23 Å². The van der Waals surface area contributed by atoms with Crippen molar-refractivity contribution in [1.82, 2.24) is 0 Å². The van der Waals surface area contributed by atoms with Crippen LogP contribution in [0.15, 0.2) is 9.98 Å². The Morgan fingerprint density at radius 2 is 2.67 bits per heavy atom. The summed E-state index contributed by atoms with van der Waals surface area (Å²) in [6, 6.07) is 0. The monoisotopic (exact) mass is 126 g/mol. The summed E-state index contributed by atoms with van der Waals surface area (Å²) in [6.45, 7) is 3.33. The lowest BCUT2D eigenvalue weighted by Gasteiger charge is -2.08. The Balaban J connectivity index is 2.31. The Morgan fingerprint density at radius 1 is 1.78 bits per heavy atom. The molecule has 0 N–H and O–H groups in total. The quantitative estimate of drug-likeness (QED) is 0.530. The molecule has 0 aliphatic carbocycles. The minimum atomic E-state index is -0.122. The zero-order valence-corrected chi connectivity index (χ0v) is 5.45. The highest BCUT2D eigenvalue weighted by Crippen LogP contribution is 1.92. The highest BCUT2D eigenvalue weighted by molar-refractivity contribution is 5.74. The van der Waals surface area contributed by atoms with Crippen molar-refractivity contribution in [2.45, 2.75) is 13.2 Å². The van der Waals surface area contributed by atoms with Gasteiger partial charge in [-0.05, 0) is 6.92 Å². The van der Waals surface area contributed by atoms with E-state index in [-0.39, 0.29) is 6.23 Å². The average molecular weight is 126 g/mol. The molecule has 1 aliphatic rings. The molecule has 0 amide bonds. The number of hydrogen-bond acceptors (Lipinski definition) is 3. The van der Waals surface area contributed by atoms with Crippen molar-refractivity contribution in [1.29, 1.82) is 0 Å². The van der Waals surface area contributed by atoms with Crippen LogP contribution in [0.1, 0.15) is 6.92 Å². The van der Waals surface area contributed by atoms with Gasteiger partial charge in [0.05, 0.1) is 12.8 Å². The van der Waals surface area contributed by atoms with E-state index in [4.69, 9.17) is 4.74 Å². The first-order valence-electron chi connectivity index (χ1n) is 3.06. The number of hydrogen-bond donors (Lipinski definition) is 0. The second-order valence-corrected chi connectivity index (χ2v) is 1.69. The van der Waals surface area contributed by atoms with Crippen molar-refractivity contribution in [3.8, 4) is 0 Å². The molecule has 0 saturated heterocycles. The first-order chi connectivity index (χ1) is 4.43. The van der Waals surface area contributed by atoms with Gasteiger partial charge in [-0.15, -0.1) is 0 Å². The SMILES string of the molecule is CCOC1C=NCC=N1. The van der Waals surface area contributed by atoms with Gasteiger partial charge in [-0.1, -0.05) is 0 Å². The third-order valence-electron chi connectivity index (χ3n) is 1.01. The van der Waals surface area contributed by atoms with E-state index in [0.717, 1.165) is 0 Å². The lowest BCUT2D eigenvalue weighted by Crippen LogP contribution is -2.15. The summed E-state index contributed by atoms with van der Waals surface area (Å²) in [5, 5.41) is 0. The fourth-order valence-electron chi connectivity index (χ4n) is 0.645. The van der Waals surface area contributed by atoms with Gasteiger partial charge in [0.25, 0.3) is 0 Å². The summed E-state index contributed by atoms with van der Waals surface area (Å²) in [7, 11) is 0. The molecular weight excluding hydrogens is 116 g/mol. The van der Waals surface area contributed by atoms with E-state index < -0.39 is 0 Å². The van der Waals surface area contributed by atoms with Gasteiger partial charge in [0, 0.05) is 12.8 Å². The lowest BCUT2D eigenvalue weighted by molar-refractivity contribution is 0.118. The van der Waals surface area contributed by atoms with Crippen molar-refractivity contribution in [3.05, 3.63) is 0 Å². The Bertz CT molecular complexity index is 119. The average Bonchev–Trinajstić information content (AvgIpc) is 1.91. The Kier molecular flexibility index (Phi) is 2.39. The minimum Gasteiger partial charge on any atom is -0.352 e. The van der Waals surface area contributed by atoms with E-state index in [1.807, 2.05) is 6.92 Å². The molecule has 3 heteroatoms. The summed E-state index contributed by atoms with van der Waals surface area (Å²) in [5.74, 6) is 0. The Labute approximate surface area is 54.5 Å². The summed E-state index contributed by atoms with van der Waals surface area (Å²) in [5.41, 5.74) is 0. The molecule has 9 heavy (non-hydrogen) atoms. The van der Waals surface area contributed by atoms with Gasteiger partial charge in [-0.3, -0.25) is 9.98 Å². The number of nitrogens with zero attached hydrogens (tertiary/aromatic N) is 2. The minimum absolute atomic E-state index is 0.122. The Morgan fingerprint density at radius 3 is 3.22 bits per heavy atom. The predicted molar refractivity (Wildman–Crippen MR) is 37.3 cm³/mol. The maximum atomic E-state index is 5.14. The molecule has 0 saturated carbocycles. The molecule has 1 heterocycles. The van der Waals surface area contributed by atoms with Crippen molar-refractivity contribution < 1.29 is 4.74 Å². The van der Waals surface area contributed by atoms with E-state index in [0.29, 0.717) is 13.2 Å². The van der Waals surface area contributed by atoms with Crippen LogP contribution in [0.4, 0.5) is 0 Å². The number of ether oxygens (including phenoxy) is 1. The van der Waals surface area contributed by atoms with Crippen molar-refractivity contribution >= 4 is 12.4 Å².